The van der Waals surface area contributed by atoms with Gasteiger partial charge in [-0.25, -0.2) is 9.97 Å². The van der Waals surface area contributed by atoms with E-state index in [9.17, 15) is 9.59 Å². The topological polar surface area (TPSA) is 133 Å². The SMILES string of the molecule is Cc1cnc(Nc2cc(C)n(C)n2)nc1-c1c[nH]c2c(NC(=O)CN3CC[C@@H](C(=O)N4CCOCC4)C3)cccc12. The second-order valence-corrected chi connectivity index (χ2v) is 10.8. The first-order chi connectivity index (χ1) is 19.9. The molecule has 2 amide bonds. The average molecular weight is 558 g/mol. The fourth-order valence-corrected chi connectivity index (χ4v) is 5.58. The van der Waals surface area contributed by atoms with Gasteiger partial charge in [0.05, 0.1) is 42.6 Å². The summed E-state index contributed by atoms with van der Waals surface area (Å²) in [6.07, 6.45) is 4.47. The van der Waals surface area contributed by atoms with E-state index in [0.29, 0.717) is 50.3 Å². The van der Waals surface area contributed by atoms with E-state index in [1.165, 1.54) is 0 Å². The molecule has 2 saturated heterocycles. The van der Waals surface area contributed by atoms with Crippen molar-refractivity contribution >= 4 is 40.2 Å². The molecule has 0 bridgehead atoms. The van der Waals surface area contributed by atoms with Crippen LogP contribution in [0.1, 0.15) is 17.7 Å². The molecule has 0 aliphatic carbocycles. The Morgan fingerprint density at radius 1 is 1.17 bits per heavy atom. The van der Waals surface area contributed by atoms with Gasteiger partial charge in [-0.05, 0) is 38.4 Å². The van der Waals surface area contributed by atoms with E-state index in [2.05, 4.69) is 30.6 Å². The third-order valence-corrected chi connectivity index (χ3v) is 7.88. The number of aromatic amines is 1. The number of carbonyl (C=O) groups is 2. The van der Waals surface area contributed by atoms with Gasteiger partial charge in [-0.1, -0.05) is 12.1 Å². The van der Waals surface area contributed by atoms with Gasteiger partial charge in [0.25, 0.3) is 0 Å². The number of nitrogens with zero attached hydrogens (tertiary/aromatic N) is 6. The second kappa shape index (κ2) is 11.3. The Kier molecular flexibility index (Phi) is 7.41. The zero-order valence-corrected chi connectivity index (χ0v) is 23.6. The number of hydrogen-bond donors (Lipinski definition) is 3. The normalized spacial score (nSPS) is 17.7. The first-order valence-corrected chi connectivity index (χ1v) is 14.0. The third-order valence-electron chi connectivity index (χ3n) is 7.88. The molecular formula is C29H35N9O3. The van der Waals surface area contributed by atoms with E-state index in [4.69, 9.17) is 9.72 Å². The second-order valence-electron chi connectivity index (χ2n) is 10.8. The largest absolute Gasteiger partial charge is 0.378 e. The minimum atomic E-state index is -0.108. The van der Waals surface area contributed by atoms with Crippen LogP contribution in [0, 0.1) is 19.8 Å². The average Bonchev–Trinajstić information content (AvgIpc) is 3.69. The van der Waals surface area contributed by atoms with E-state index in [0.717, 1.165) is 46.4 Å². The maximum atomic E-state index is 13.1. The molecule has 4 aromatic rings. The lowest BCUT2D eigenvalue weighted by molar-refractivity contribution is -0.139. The number of fused-ring (bicyclic) bond motifs is 1. The predicted octanol–water partition coefficient (Wildman–Crippen LogP) is 2.84. The molecule has 2 fully saturated rings. The number of carbonyl (C=O) groups excluding carboxylic acids is 2. The first kappa shape index (κ1) is 26.9. The van der Waals surface area contributed by atoms with Crippen molar-refractivity contribution < 1.29 is 14.3 Å². The number of anilines is 3. The number of H-pyrrole nitrogens is 1. The number of nitrogens with one attached hydrogen (secondary N) is 3. The monoisotopic (exact) mass is 557 g/mol. The maximum Gasteiger partial charge on any atom is 0.238 e. The number of likely N-dealkylation sites (tertiary alicyclic amines) is 1. The van der Waals surface area contributed by atoms with Crippen molar-refractivity contribution in [2.45, 2.75) is 20.3 Å². The Hall–Kier alpha value is -4.29. The summed E-state index contributed by atoms with van der Waals surface area (Å²) in [5.74, 6) is 1.14. The molecule has 0 saturated carbocycles. The van der Waals surface area contributed by atoms with Crippen molar-refractivity contribution in [2.24, 2.45) is 13.0 Å². The number of aromatic nitrogens is 5. The lowest BCUT2D eigenvalue weighted by atomic mass is 10.1. The number of ether oxygens (including phenoxy) is 1. The molecule has 41 heavy (non-hydrogen) atoms. The van der Waals surface area contributed by atoms with Crippen LogP contribution in [0.4, 0.5) is 17.5 Å². The number of morpholine rings is 1. The number of amides is 2. The molecule has 0 unspecified atom stereocenters. The van der Waals surface area contributed by atoms with Crippen LogP contribution < -0.4 is 10.6 Å². The van der Waals surface area contributed by atoms with E-state index in [1.807, 2.05) is 56.3 Å². The van der Waals surface area contributed by atoms with Gasteiger partial charge in [-0.15, -0.1) is 0 Å². The molecule has 12 heteroatoms. The summed E-state index contributed by atoms with van der Waals surface area (Å²) in [6, 6.07) is 7.76. The molecule has 1 aromatic carbocycles. The van der Waals surface area contributed by atoms with Crippen molar-refractivity contribution in [3.05, 3.63) is 47.9 Å². The molecule has 214 valence electrons. The van der Waals surface area contributed by atoms with Crippen LogP contribution in [-0.2, 0) is 21.4 Å². The van der Waals surface area contributed by atoms with E-state index in [1.54, 1.807) is 10.9 Å². The van der Waals surface area contributed by atoms with Crippen LogP contribution in [0.25, 0.3) is 22.2 Å². The lowest BCUT2D eigenvalue weighted by Gasteiger charge is -2.29. The van der Waals surface area contributed by atoms with Crippen molar-refractivity contribution in [1.82, 2.24) is 34.5 Å². The number of para-hydroxylation sites is 1. The lowest BCUT2D eigenvalue weighted by Crippen LogP contribution is -2.44. The van der Waals surface area contributed by atoms with Crippen molar-refractivity contribution in [2.75, 3.05) is 56.6 Å². The Balaban J connectivity index is 1.14. The highest BCUT2D eigenvalue weighted by Gasteiger charge is 2.32. The number of aryl methyl sites for hydroxylation is 3. The summed E-state index contributed by atoms with van der Waals surface area (Å²) in [7, 11) is 1.89. The molecule has 0 radical (unpaired) electrons. The van der Waals surface area contributed by atoms with Crippen LogP contribution in [0.3, 0.4) is 0 Å². The van der Waals surface area contributed by atoms with Crippen molar-refractivity contribution in [1.29, 1.82) is 0 Å². The van der Waals surface area contributed by atoms with Crippen LogP contribution >= 0.6 is 0 Å². The molecule has 3 N–H and O–H groups in total. The molecule has 0 spiro atoms. The zero-order chi connectivity index (χ0) is 28.5. The highest BCUT2D eigenvalue weighted by Crippen LogP contribution is 2.33. The molecule has 3 aromatic heterocycles. The highest BCUT2D eigenvalue weighted by atomic mass is 16.5. The van der Waals surface area contributed by atoms with Crippen LogP contribution in [-0.4, -0.2) is 92.3 Å². The maximum absolute atomic E-state index is 13.1. The Morgan fingerprint density at radius 2 is 2.00 bits per heavy atom. The van der Waals surface area contributed by atoms with Gasteiger partial charge < -0.3 is 25.3 Å². The smallest absolute Gasteiger partial charge is 0.238 e. The summed E-state index contributed by atoms with van der Waals surface area (Å²) in [6.45, 7) is 8.01. The Morgan fingerprint density at radius 3 is 2.78 bits per heavy atom. The van der Waals surface area contributed by atoms with Gasteiger partial charge in [0.1, 0.15) is 0 Å². The van der Waals surface area contributed by atoms with Gasteiger partial charge in [0, 0.05) is 61.8 Å². The molecule has 6 rings (SSSR count). The standard InChI is InChI=1S/C29H35N9O3/c1-18-14-31-29(33-24-13-19(2)36(3)35-24)34-26(18)22-15-30-27-21(22)5-4-6-23(27)32-25(39)17-37-8-7-20(16-37)28(40)38-9-11-41-12-10-38/h4-6,13-15,20,30H,7-12,16-17H2,1-3H3,(H,32,39)(H,31,33,34,35)/t20-/m1/s1. The number of hydrogen-bond acceptors (Lipinski definition) is 8. The summed E-state index contributed by atoms with van der Waals surface area (Å²) in [4.78, 5) is 42.4. The minimum absolute atomic E-state index is 0.0625. The van der Waals surface area contributed by atoms with Gasteiger partial charge in [-0.3, -0.25) is 19.2 Å². The fourth-order valence-electron chi connectivity index (χ4n) is 5.58. The summed E-state index contributed by atoms with van der Waals surface area (Å²) in [5, 5.41) is 11.6. The van der Waals surface area contributed by atoms with Gasteiger partial charge >= 0.3 is 0 Å². The molecule has 2 aliphatic rings. The van der Waals surface area contributed by atoms with E-state index in [-0.39, 0.29) is 24.3 Å². The van der Waals surface area contributed by atoms with E-state index < -0.39 is 0 Å². The summed E-state index contributed by atoms with van der Waals surface area (Å²) in [5.41, 5.74) is 5.19. The Labute approximate surface area is 238 Å². The highest BCUT2D eigenvalue weighted by molar-refractivity contribution is 6.06. The van der Waals surface area contributed by atoms with Crippen molar-refractivity contribution in [3.63, 3.8) is 0 Å². The van der Waals surface area contributed by atoms with Crippen LogP contribution in [0.5, 0.6) is 0 Å². The summed E-state index contributed by atoms with van der Waals surface area (Å²) >= 11 is 0. The van der Waals surface area contributed by atoms with Gasteiger partial charge in [0.2, 0.25) is 17.8 Å². The number of benzene rings is 1. The molecule has 5 heterocycles. The van der Waals surface area contributed by atoms with Crippen LogP contribution in [0.2, 0.25) is 0 Å². The minimum Gasteiger partial charge on any atom is -0.378 e. The van der Waals surface area contributed by atoms with Crippen LogP contribution in [0.15, 0.2) is 36.7 Å². The summed E-state index contributed by atoms with van der Waals surface area (Å²) < 4.78 is 7.16. The van der Waals surface area contributed by atoms with Gasteiger partial charge in [-0.2, -0.15) is 5.10 Å². The zero-order valence-electron chi connectivity index (χ0n) is 23.6. The quantitative estimate of drug-likeness (QED) is 0.316. The van der Waals surface area contributed by atoms with Crippen molar-refractivity contribution in [3.8, 4) is 11.3 Å². The third kappa shape index (κ3) is 5.66. The molecular weight excluding hydrogens is 522 g/mol. The van der Waals surface area contributed by atoms with E-state index >= 15 is 0 Å². The predicted molar refractivity (Wildman–Crippen MR) is 156 cm³/mol. The molecule has 2 aliphatic heterocycles. The Bertz CT molecular complexity index is 1570. The fraction of sp³-hybridized carbons (Fsp3) is 0.414. The first-order valence-electron chi connectivity index (χ1n) is 14.0. The number of rotatable bonds is 7. The van der Waals surface area contributed by atoms with Gasteiger partial charge in [0.15, 0.2) is 5.82 Å². The molecule has 1 atom stereocenters. The molecule has 12 nitrogen and oxygen atoms in total.